The number of nitro benzene ring substituents is 1. The number of benzene rings is 2. The van der Waals surface area contributed by atoms with Crippen molar-refractivity contribution in [3.8, 4) is 5.75 Å². The molecule has 10 heteroatoms. The van der Waals surface area contributed by atoms with E-state index in [4.69, 9.17) is 4.74 Å². The SMILES string of the molecule is CCNC(=O)NC(=O)[C@H](Oc1ccc(C(=O)OC)cc1[N+](=O)[O-])c1ccccc1. The van der Waals surface area contributed by atoms with Gasteiger partial charge in [-0.25, -0.2) is 9.59 Å². The molecule has 0 aliphatic rings. The Morgan fingerprint density at radius 1 is 1.14 bits per heavy atom. The van der Waals surface area contributed by atoms with Crippen molar-refractivity contribution >= 4 is 23.6 Å². The van der Waals surface area contributed by atoms with Crippen LogP contribution in [0.3, 0.4) is 0 Å². The summed E-state index contributed by atoms with van der Waals surface area (Å²) >= 11 is 0. The highest BCUT2D eigenvalue weighted by Crippen LogP contribution is 2.32. The topological polar surface area (TPSA) is 137 Å². The van der Waals surface area contributed by atoms with E-state index in [2.05, 4.69) is 15.4 Å². The van der Waals surface area contributed by atoms with Crippen molar-refractivity contribution in [2.24, 2.45) is 0 Å². The van der Waals surface area contributed by atoms with Crippen molar-refractivity contribution in [2.45, 2.75) is 13.0 Å². The number of ether oxygens (including phenoxy) is 2. The molecule has 0 aliphatic heterocycles. The zero-order valence-electron chi connectivity index (χ0n) is 15.7. The first-order valence-corrected chi connectivity index (χ1v) is 8.54. The fourth-order valence-corrected chi connectivity index (χ4v) is 2.41. The third kappa shape index (κ3) is 5.51. The minimum absolute atomic E-state index is 0.0467. The quantitative estimate of drug-likeness (QED) is 0.413. The first kappa shape index (κ1) is 21.4. The lowest BCUT2D eigenvalue weighted by Crippen LogP contribution is -2.42. The van der Waals surface area contributed by atoms with Crippen LogP contribution in [-0.4, -0.2) is 36.5 Å². The van der Waals surface area contributed by atoms with Gasteiger partial charge in [0.25, 0.3) is 5.91 Å². The van der Waals surface area contributed by atoms with E-state index in [0.29, 0.717) is 12.1 Å². The largest absolute Gasteiger partial charge is 0.469 e. The maximum atomic E-state index is 12.6. The Morgan fingerprint density at radius 2 is 1.83 bits per heavy atom. The highest BCUT2D eigenvalue weighted by atomic mass is 16.6. The summed E-state index contributed by atoms with van der Waals surface area (Å²) in [5.41, 5.74) is -0.199. The summed E-state index contributed by atoms with van der Waals surface area (Å²) in [7, 11) is 1.15. The van der Waals surface area contributed by atoms with E-state index in [1.807, 2.05) is 0 Å². The van der Waals surface area contributed by atoms with Gasteiger partial charge in [-0.3, -0.25) is 20.2 Å². The maximum absolute atomic E-state index is 12.6. The second-order valence-electron chi connectivity index (χ2n) is 5.69. The zero-order chi connectivity index (χ0) is 21.4. The van der Waals surface area contributed by atoms with Gasteiger partial charge in [0.15, 0.2) is 5.75 Å². The normalized spacial score (nSPS) is 11.1. The number of urea groups is 1. The second kappa shape index (κ2) is 9.83. The van der Waals surface area contributed by atoms with Gasteiger partial charge in [0.05, 0.1) is 17.6 Å². The molecule has 0 unspecified atom stereocenters. The van der Waals surface area contributed by atoms with E-state index in [1.54, 1.807) is 37.3 Å². The third-order valence-electron chi connectivity index (χ3n) is 3.74. The monoisotopic (exact) mass is 401 g/mol. The molecule has 0 spiro atoms. The summed E-state index contributed by atoms with van der Waals surface area (Å²) in [6.45, 7) is 1.98. The molecule has 0 saturated heterocycles. The summed E-state index contributed by atoms with van der Waals surface area (Å²) in [4.78, 5) is 46.6. The number of imide groups is 1. The number of nitro groups is 1. The summed E-state index contributed by atoms with van der Waals surface area (Å²) in [5.74, 6) is -1.82. The number of nitrogens with one attached hydrogen (secondary N) is 2. The predicted molar refractivity (Wildman–Crippen MR) is 101 cm³/mol. The van der Waals surface area contributed by atoms with Gasteiger partial charge in [0.1, 0.15) is 0 Å². The van der Waals surface area contributed by atoms with Crippen LogP contribution in [0.5, 0.6) is 5.75 Å². The van der Waals surface area contributed by atoms with Crippen molar-refractivity contribution in [1.82, 2.24) is 10.6 Å². The van der Waals surface area contributed by atoms with Crippen LogP contribution in [0.1, 0.15) is 28.9 Å². The number of hydrogen-bond donors (Lipinski definition) is 2. The molecule has 0 aromatic heterocycles. The van der Waals surface area contributed by atoms with Gasteiger partial charge in [0.2, 0.25) is 6.10 Å². The van der Waals surface area contributed by atoms with Gasteiger partial charge in [-0.2, -0.15) is 0 Å². The van der Waals surface area contributed by atoms with Gasteiger partial charge in [-0.05, 0) is 19.1 Å². The zero-order valence-corrected chi connectivity index (χ0v) is 15.7. The summed E-state index contributed by atoms with van der Waals surface area (Å²) in [6, 6.07) is 10.9. The lowest BCUT2D eigenvalue weighted by Gasteiger charge is -2.19. The molecular weight excluding hydrogens is 382 g/mol. The molecule has 0 aliphatic carbocycles. The number of amides is 3. The van der Waals surface area contributed by atoms with Crippen molar-refractivity contribution in [3.05, 3.63) is 69.8 Å². The Balaban J connectivity index is 2.40. The summed E-state index contributed by atoms with van der Waals surface area (Å²) < 4.78 is 10.2. The van der Waals surface area contributed by atoms with Gasteiger partial charge < -0.3 is 14.8 Å². The molecule has 10 nitrogen and oxygen atoms in total. The number of rotatable bonds is 7. The number of methoxy groups -OCH3 is 1. The molecule has 152 valence electrons. The molecule has 2 N–H and O–H groups in total. The Bertz CT molecular complexity index is 915. The Kier molecular flexibility index (Phi) is 7.24. The van der Waals surface area contributed by atoms with E-state index in [-0.39, 0.29) is 11.3 Å². The van der Waals surface area contributed by atoms with E-state index in [9.17, 15) is 24.5 Å². The molecule has 0 fully saturated rings. The van der Waals surface area contributed by atoms with Gasteiger partial charge in [0, 0.05) is 18.2 Å². The van der Waals surface area contributed by atoms with Crippen LogP contribution >= 0.6 is 0 Å². The average Bonchev–Trinajstić information content (AvgIpc) is 2.71. The minimum Gasteiger partial charge on any atom is -0.469 e. The van der Waals surface area contributed by atoms with Gasteiger partial charge in [-0.1, -0.05) is 30.3 Å². The lowest BCUT2D eigenvalue weighted by molar-refractivity contribution is -0.386. The lowest BCUT2D eigenvalue weighted by atomic mass is 10.1. The molecule has 3 amide bonds. The highest BCUT2D eigenvalue weighted by Gasteiger charge is 2.28. The Morgan fingerprint density at radius 3 is 2.41 bits per heavy atom. The van der Waals surface area contributed by atoms with E-state index in [1.165, 1.54) is 12.1 Å². The number of esters is 1. The molecule has 0 saturated carbocycles. The van der Waals surface area contributed by atoms with E-state index < -0.39 is 34.6 Å². The Labute approximate surface area is 166 Å². The van der Waals surface area contributed by atoms with Crippen LogP contribution in [0.2, 0.25) is 0 Å². The Hall–Kier alpha value is -3.95. The van der Waals surface area contributed by atoms with E-state index >= 15 is 0 Å². The molecule has 0 bridgehead atoms. The van der Waals surface area contributed by atoms with Crippen LogP contribution < -0.4 is 15.4 Å². The van der Waals surface area contributed by atoms with Crippen LogP contribution in [-0.2, 0) is 9.53 Å². The van der Waals surface area contributed by atoms with Crippen molar-refractivity contribution in [1.29, 1.82) is 0 Å². The third-order valence-corrected chi connectivity index (χ3v) is 3.74. The highest BCUT2D eigenvalue weighted by molar-refractivity contribution is 5.97. The fraction of sp³-hybridized carbons (Fsp3) is 0.211. The fourth-order valence-electron chi connectivity index (χ4n) is 2.41. The molecule has 0 heterocycles. The number of carbonyl (C=O) groups is 3. The number of hydrogen-bond acceptors (Lipinski definition) is 7. The van der Waals surface area contributed by atoms with Crippen molar-refractivity contribution in [3.63, 3.8) is 0 Å². The number of nitrogens with zero attached hydrogens (tertiary/aromatic N) is 1. The van der Waals surface area contributed by atoms with Gasteiger partial charge in [-0.15, -0.1) is 0 Å². The van der Waals surface area contributed by atoms with Crippen LogP contribution in [0, 0.1) is 10.1 Å². The predicted octanol–water partition coefficient (Wildman–Crippen LogP) is 2.35. The molecule has 2 aromatic carbocycles. The molecule has 2 rings (SSSR count). The molecule has 29 heavy (non-hydrogen) atoms. The first-order chi connectivity index (χ1) is 13.9. The molecular formula is C19H19N3O7. The first-order valence-electron chi connectivity index (χ1n) is 8.54. The smallest absolute Gasteiger partial charge is 0.338 e. The van der Waals surface area contributed by atoms with Crippen LogP contribution in [0.15, 0.2) is 48.5 Å². The second-order valence-corrected chi connectivity index (χ2v) is 5.69. The average molecular weight is 401 g/mol. The molecule has 2 aromatic rings. The van der Waals surface area contributed by atoms with E-state index in [0.717, 1.165) is 13.2 Å². The minimum atomic E-state index is -1.35. The standard InChI is InChI=1S/C19H19N3O7/c1-3-20-19(25)21-17(23)16(12-7-5-4-6-8-12)29-15-10-9-13(18(24)28-2)11-14(15)22(26)27/h4-11,16H,3H2,1-2H3,(H2,20,21,23,25)/t16-/m1/s1. The van der Waals surface area contributed by atoms with Crippen molar-refractivity contribution < 1.29 is 28.8 Å². The maximum Gasteiger partial charge on any atom is 0.338 e. The summed E-state index contributed by atoms with van der Waals surface area (Å²) in [6.07, 6.45) is -1.35. The summed E-state index contributed by atoms with van der Waals surface area (Å²) in [5, 5.41) is 16.0. The molecule has 0 radical (unpaired) electrons. The van der Waals surface area contributed by atoms with Crippen molar-refractivity contribution in [2.75, 3.05) is 13.7 Å². The van der Waals surface area contributed by atoms with Gasteiger partial charge >= 0.3 is 17.7 Å². The number of carbonyl (C=O) groups excluding carboxylic acids is 3. The van der Waals surface area contributed by atoms with Crippen LogP contribution in [0.4, 0.5) is 10.5 Å². The van der Waals surface area contributed by atoms with Crippen LogP contribution in [0.25, 0.3) is 0 Å². The molecule has 1 atom stereocenters.